The van der Waals surface area contributed by atoms with Crippen LogP contribution in [0.4, 0.5) is 14.6 Å². The van der Waals surface area contributed by atoms with Crippen molar-refractivity contribution in [3.8, 4) is 17.3 Å². The van der Waals surface area contributed by atoms with Gasteiger partial charge in [0.25, 0.3) is 0 Å². The van der Waals surface area contributed by atoms with Crippen molar-refractivity contribution >= 4 is 22.8 Å². The molecule has 0 bridgehead atoms. The molecule has 0 aromatic carbocycles. The molecular weight excluding hydrogens is 440 g/mol. The molecule has 1 saturated carbocycles. The lowest BCUT2D eigenvalue weighted by Crippen LogP contribution is -2.35. The topological polar surface area (TPSA) is 104 Å². The molecule has 0 amide bonds. The normalized spacial score (nSPS) is 15.7. The Morgan fingerprint density at radius 1 is 1.35 bits per heavy atom. The molecule has 0 radical (unpaired) electrons. The molecule has 1 aliphatic carbocycles. The molecule has 0 aliphatic heterocycles. The van der Waals surface area contributed by atoms with E-state index in [-0.39, 0.29) is 42.0 Å². The van der Waals surface area contributed by atoms with Crippen LogP contribution in [-0.4, -0.2) is 33.6 Å². The van der Waals surface area contributed by atoms with E-state index in [0.717, 1.165) is 37.9 Å². The predicted molar refractivity (Wildman–Crippen MR) is 124 cm³/mol. The summed E-state index contributed by atoms with van der Waals surface area (Å²) in [6.45, 7) is 4.07. The van der Waals surface area contributed by atoms with Crippen molar-refractivity contribution in [3.05, 3.63) is 41.7 Å². The van der Waals surface area contributed by atoms with E-state index in [1.54, 1.807) is 13.1 Å². The molecule has 0 spiro atoms. The van der Waals surface area contributed by atoms with Crippen molar-refractivity contribution in [2.45, 2.75) is 52.0 Å². The minimum atomic E-state index is -0.697. The second-order valence-electron chi connectivity index (χ2n) is 8.74. The number of nitrogens with one attached hydrogen (secondary N) is 2. The average Bonchev–Trinajstić information content (AvgIpc) is 3.49. The third-order valence-corrected chi connectivity index (χ3v) is 6.64. The Balaban J connectivity index is 1.72. The van der Waals surface area contributed by atoms with E-state index < -0.39 is 17.7 Å². The number of carbonyl (C=O) groups excluding carboxylic acids is 1. The highest BCUT2D eigenvalue weighted by Gasteiger charge is 2.31. The number of aromatic amines is 1. The molecule has 4 rings (SSSR count). The molecule has 7 nitrogen and oxygen atoms in total. The number of pyridine rings is 2. The maximum Gasteiger partial charge on any atom is 0.307 e. The van der Waals surface area contributed by atoms with Gasteiger partial charge in [-0.1, -0.05) is 32.6 Å². The maximum absolute atomic E-state index is 15.1. The van der Waals surface area contributed by atoms with Gasteiger partial charge in [0.15, 0.2) is 11.6 Å². The highest BCUT2D eigenvalue weighted by atomic mass is 19.1. The third-order valence-electron chi connectivity index (χ3n) is 6.64. The largest absolute Gasteiger partial charge is 0.466 e. The zero-order valence-electron chi connectivity index (χ0n) is 19.2. The van der Waals surface area contributed by atoms with E-state index in [0.29, 0.717) is 22.5 Å². The summed E-state index contributed by atoms with van der Waals surface area (Å²) in [5.41, 5.74) is 1.08. The van der Waals surface area contributed by atoms with E-state index in [2.05, 4.69) is 27.2 Å². The molecule has 34 heavy (non-hydrogen) atoms. The summed E-state index contributed by atoms with van der Waals surface area (Å²) in [5.74, 6) is -1.16. The number of hydrogen-bond donors (Lipinski definition) is 2. The molecule has 1 unspecified atom stereocenters. The number of halogens is 2. The van der Waals surface area contributed by atoms with Gasteiger partial charge < -0.3 is 15.0 Å². The molecule has 1 fully saturated rings. The van der Waals surface area contributed by atoms with Crippen LogP contribution in [0.1, 0.15) is 51.5 Å². The summed E-state index contributed by atoms with van der Waals surface area (Å²) in [7, 11) is 0. The smallest absolute Gasteiger partial charge is 0.307 e. The van der Waals surface area contributed by atoms with Crippen LogP contribution in [-0.2, 0) is 9.53 Å². The fraction of sp³-hybridized carbons (Fsp3) is 0.440. The summed E-state index contributed by atoms with van der Waals surface area (Å²) < 4.78 is 34.1. The summed E-state index contributed by atoms with van der Waals surface area (Å²) in [6, 6.07) is 3.97. The van der Waals surface area contributed by atoms with Crippen LogP contribution in [0.5, 0.6) is 0 Å². The summed E-state index contributed by atoms with van der Waals surface area (Å²) in [6.07, 6.45) is 7.13. The SMILES string of the molecule is CCOC(=O)C[C@@H](Nc1nc(-c2c[nH]c3ncc(F)cc23)c(C#N)cc1F)C(C)C1CCCC1. The van der Waals surface area contributed by atoms with Crippen LogP contribution in [0, 0.1) is 34.8 Å². The fourth-order valence-electron chi connectivity index (χ4n) is 4.81. The Labute approximate surface area is 196 Å². The van der Waals surface area contributed by atoms with Crippen molar-refractivity contribution in [2.75, 3.05) is 11.9 Å². The van der Waals surface area contributed by atoms with Crippen LogP contribution >= 0.6 is 0 Å². The predicted octanol–water partition coefficient (Wildman–Crippen LogP) is 5.33. The highest BCUT2D eigenvalue weighted by molar-refractivity contribution is 5.94. The van der Waals surface area contributed by atoms with Gasteiger partial charge >= 0.3 is 5.97 Å². The summed E-state index contributed by atoms with van der Waals surface area (Å²) >= 11 is 0. The van der Waals surface area contributed by atoms with Crippen LogP contribution in [0.25, 0.3) is 22.3 Å². The number of nitriles is 1. The summed E-state index contributed by atoms with van der Waals surface area (Å²) in [4.78, 5) is 23.7. The van der Waals surface area contributed by atoms with Gasteiger partial charge in [0, 0.05) is 23.2 Å². The number of anilines is 1. The first-order valence-corrected chi connectivity index (χ1v) is 11.6. The minimum absolute atomic E-state index is 0.0130. The third kappa shape index (κ3) is 4.86. The van der Waals surface area contributed by atoms with Crippen molar-refractivity contribution < 1.29 is 18.3 Å². The van der Waals surface area contributed by atoms with Crippen molar-refractivity contribution in [2.24, 2.45) is 11.8 Å². The Bertz CT molecular complexity index is 1230. The Morgan fingerprint density at radius 3 is 2.82 bits per heavy atom. The van der Waals surface area contributed by atoms with Crippen LogP contribution in [0.15, 0.2) is 24.5 Å². The zero-order chi connectivity index (χ0) is 24.2. The molecule has 9 heteroatoms. The van der Waals surface area contributed by atoms with Crippen molar-refractivity contribution in [1.82, 2.24) is 15.0 Å². The number of fused-ring (bicyclic) bond motifs is 1. The van der Waals surface area contributed by atoms with E-state index in [1.807, 2.05) is 6.07 Å². The molecule has 3 heterocycles. The first kappa shape index (κ1) is 23.6. The Kier molecular flexibility index (Phi) is 7.06. The maximum atomic E-state index is 15.1. The number of esters is 1. The number of rotatable bonds is 8. The average molecular weight is 468 g/mol. The second-order valence-corrected chi connectivity index (χ2v) is 8.74. The van der Waals surface area contributed by atoms with E-state index in [1.165, 1.54) is 6.07 Å². The van der Waals surface area contributed by atoms with Gasteiger partial charge in [-0.2, -0.15) is 5.26 Å². The van der Waals surface area contributed by atoms with E-state index in [4.69, 9.17) is 4.74 Å². The van der Waals surface area contributed by atoms with Gasteiger partial charge in [-0.15, -0.1) is 0 Å². The van der Waals surface area contributed by atoms with Gasteiger partial charge in [-0.25, -0.2) is 18.7 Å². The van der Waals surface area contributed by atoms with Gasteiger partial charge in [0.05, 0.1) is 30.5 Å². The first-order valence-electron chi connectivity index (χ1n) is 11.6. The minimum Gasteiger partial charge on any atom is -0.466 e. The van der Waals surface area contributed by atoms with Crippen LogP contribution in [0.2, 0.25) is 0 Å². The van der Waals surface area contributed by atoms with Crippen LogP contribution < -0.4 is 5.32 Å². The number of ether oxygens (including phenoxy) is 1. The molecule has 3 aromatic rings. The molecule has 2 atom stereocenters. The molecule has 178 valence electrons. The molecular formula is C25H27F2N5O2. The van der Waals surface area contributed by atoms with Gasteiger partial charge in [-0.05, 0) is 30.9 Å². The molecule has 3 aromatic heterocycles. The lowest BCUT2D eigenvalue weighted by molar-refractivity contribution is -0.143. The van der Waals surface area contributed by atoms with Crippen LogP contribution in [0.3, 0.4) is 0 Å². The second kappa shape index (κ2) is 10.2. The summed E-state index contributed by atoms with van der Waals surface area (Å²) in [5, 5.41) is 13.2. The van der Waals surface area contributed by atoms with Gasteiger partial charge in [-0.3, -0.25) is 4.79 Å². The first-order chi connectivity index (χ1) is 16.4. The molecule has 0 saturated heterocycles. The Hall–Kier alpha value is -3.54. The monoisotopic (exact) mass is 467 g/mol. The number of carbonyl (C=O) groups is 1. The van der Waals surface area contributed by atoms with Crippen molar-refractivity contribution in [3.63, 3.8) is 0 Å². The molecule has 2 N–H and O–H groups in total. The van der Waals surface area contributed by atoms with E-state index >= 15 is 4.39 Å². The standard InChI is InChI=1S/C25H27F2N5O2/c1-3-34-22(33)10-21(14(2)15-6-4-5-7-15)31-25-20(27)8-16(11-28)23(32-25)19-13-30-24-18(19)9-17(26)12-29-24/h8-9,12-15,21H,3-7,10H2,1-2H3,(H,29,30)(H,31,32)/t14?,21-/m1/s1. The highest BCUT2D eigenvalue weighted by Crippen LogP contribution is 2.36. The fourth-order valence-corrected chi connectivity index (χ4v) is 4.81. The van der Waals surface area contributed by atoms with E-state index in [9.17, 15) is 14.4 Å². The lowest BCUT2D eigenvalue weighted by Gasteiger charge is -2.29. The number of aromatic nitrogens is 3. The quantitative estimate of drug-likeness (QED) is 0.434. The number of hydrogen-bond acceptors (Lipinski definition) is 6. The Morgan fingerprint density at radius 2 is 2.12 bits per heavy atom. The van der Waals surface area contributed by atoms with Gasteiger partial charge in [0.1, 0.15) is 17.5 Å². The van der Waals surface area contributed by atoms with Gasteiger partial charge in [0.2, 0.25) is 0 Å². The number of H-pyrrole nitrogens is 1. The zero-order valence-corrected chi connectivity index (χ0v) is 19.2. The molecule has 1 aliphatic rings. The lowest BCUT2D eigenvalue weighted by atomic mass is 9.85. The van der Waals surface area contributed by atoms with Crippen molar-refractivity contribution in [1.29, 1.82) is 5.26 Å². The number of nitrogens with zero attached hydrogens (tertiary/aromatic N) is 3.